The lowest BCUT2D eigenvalue weighted by Gasteiger charge is -2.38. The predicted octanol–water partition coefficient (Wildman–Crippen LogP) is 4.15. The average molecular weight is 508 g/mol. The number of phenols is 1. The fraction of sp³-hybridized carbons (Fsp3) is 0.310. The van der Waals surface area contributed by atoms with E-state index < -0.39 is 0 Å². The number of phenolic OH excluding ortho intramolecular Hbond substituents is 1. The molecule has 3 aromatic heterocycles. The number of aromatic hydroxyl groups is 1. The molecule has 2 aliphatic heterocycles. The van der Waals surface area contributed by atoms with Crippen molar-refractivity contribution in [3.05, 3.63) is 71.8 Å². The smallest absolute Gasteiger partial charge is 0.147 e. The number of rotatable bonds is 6. The van der Waals surface area contributed by atoms with Gasteiger partial charge in [0.15, 0.2) is 0 Å². The number of hydrogen-bond acceptors (Lipinski definition) is 7. The maximum Gasteiger partial charge on any atom is 0.147 e. The summed E-state index contributed by atoms with van der Waals surface area (Å²) in [5.41, 5.74) is 7.48. The van der Waals surface area contributed by atoms with Gasteiger partial charge in [0.25, 0.3) is 0 Å². The Bertz CT molecular complexity index is 1630. The molecule has 1 saturated heterocycles. The zero-order valence-electron chi connectivity index (χ0n) is 21.5. The summed E-state index contributed by atoms with van der Waals surface area (Å²) in [4.78, 5) is 2.40. The van der Waals surface area contributed by atoms with Crippen LogP contribution in [0, 0.1) is 0 Å². The summed E-state index contributed by atoms with van der Waals surface area (Å²) in [6.07, 6.45) is 4.31. The Balaban J connectivity index is 1.04. The first kappa shape index (κ1) is 22.9. The van der Waals surface area contributed by atoms with Gasteiger partial charge in [-0.05, 0) is 66.4 Å². The van der Waals surface area contributed by atoms with Crippen LogP contribution in [0.3, 0.4) is 0 Å². The molecule has 0 radical (unpaired) electrons. The van der Waals surface area contributed by atoms with Crippen LogP contribution in [0.15, 0.2) is 54.7 Å². The standard InChI is InChI=1S/C29H29N7O2/c1-34-14-20-10-19(12-28(38-2)29(20)33-34)18-5-6-24(27(37)11-18)26-8-7-25(30-31-26)21-15-35(16-21)17-22-13-23-4-3-9-36(23)32-22/h5-8,10-14,21,37H,3-4,9,15-17H2,1-2H3. The number of hydrogen-bond donors (Lipinski definition) is 1. The van der Waals surface area contributed by atoms with E-state index in [1.54, 1.807) is 17.9 Å². The summed E-state index contributed by atoms with van der Waals surface area (Å²) in [6, 6.07) is 15.9. The molecule has 9 nitrogen and oxygen atoms in total. The highest BCUT2D eigenvalue weighted by atomic mass is 16.5. The van der Waals surface area contributed by atoms with E-state index >= 15 is 0 Å². The molecule has 9 heteroatoms. The predicted molar refractivity (Wildman–Crippen MR) is 144 cm³/mol. The first-order chi connectivity index (χ1) is 18.5. The maximum atomic E-state index is 10.9. The number of benzene rings is 2. The maximum absolute atomic E-state index is 10.9. The number of methoxy groups -OCH3 is 1. The van der Waals surface area contributed by atoms with E-state index in [1.807, 2.05) is 43.6 Å². The van der Waals surface area contributed by atoms with Crippen molar-refractivity contribution >= 4 is 10.9 Å². The van der Waals surface area contributed by atoms with E-state index in [0.717, 1.165) is 66.0 Å². The number of likely N-dealkylation sites (tertiary alicyclic amines) is 1. The van der Waals surface area contributed by atoms with E-state index in [2.05, 4.69) is 37.0 Å². The Hall–Kier alpha value is -4.24. The summed E-state index contributed by atoms with van der Waals surface area (Å²) in [5.74, 6) is 1.24. The lowest BCUT2D eigenvalue weighted by molar-refractivity contribution is 0.134. The van der Waals surface area contributed by atoms with Crippen molar-refractivity contribution < 1.29 is 9.84 Å². The molecule has 1 N–H and O–H groups in total. The highest BCUT2D eigenvalue weighted by Gasteiger charge is 2.30. The molecule has 0 bridgehead atoms. The lowest BCUT2D eigenvalue weighted by atomic mass is 9.95. The molecule has 38 heavy (non-hydrogen) atoms. The summed E-state index contributed by atoms with van der Waals surface area (Å²) in [5, 5.41) is 30.0. The number of fused-ring (bicyclic) bond motifs is 2. The van der Waals surface area contributed by atoms with Crippen molar-refractivity contribution in [2.24, 2.45) is 7.05 Å². The van der Waals surface area contributed by atoms with E-state index in [9.17, 15) is 5.11 Å². The first-order valence-corrected chi connectivity index (χ1v) is 13.0. The molecule has 2 aliphatic rings. The third kappa shape index (κ3) is 3.99. The van der Waals surface area contributed by atoms with E-state index in [-0.39, 0.29) is 5.75 Å². The third-order valence-electron chi connectivity index (χ3n) is 7.68. The quantitative estimate of drug-likeness (QED) is 0.369. The van der Waals surface area contributed by atoms with Gasteiger partial charge >= 0.3 is 0 Å². The average Bonchev–Trinajstić information content (AvgIpc) is 3.59. The van der Waals surface area contributed by atoms with Crippen molar-refractivity contribution in [3.8, 4) is 33.9 Å². The van der Waals surface area contributed by atoms with Gasteiger partial charge in [-0.3, -0.25) is 14.3 Å². The monoisotopic (exact) mass is 507 g/mol. The molecule has 7 rings (SSSR count). The second kappa shape index (κ2) is 8.95. The van der Waals surface area contributed by atoms with Crippen molar-refractivity contribution in [1.29, 1.82) is 0 Å². The normalized spacial score (nSPS) is 15.6. The Morgan fingerprint density at radius 1 is 1.00 bits per heavy atom. The van der Waals surface area contributed by atoms with Crippen LogP contribution in [0.2, 0.25) is 0 Å². The van der Waals surface area contributed by atoms with Crippen LogP contribution in [0.1, 0.15) is 29.4 Å². The number of nitrogens with zero attached hydrogens (tertiary/aromatic N) is 7. The van der Waals surface area contributed by atoms with Gasteiger partial charge in [-0.2, -0.15) is 20.4 Å². The molecule has 0 atom stereocenters. The van der Waals surface area contributed by atoms with Gasteiger partial charge in [0.1, 0.15) is 17.0 Å². The van der Waals surface area contributed by atoms with Crippen LogP contribution in [0.25, 0.3) is 33.3 Å². The molecule has 5 heterocycles. The van der Waals surface area contributed by atoms with Crippen molar-refractivity contribution in [1.82, 2.24) is 34.7 Å². The highest BCUT2D eigenvalue weighted by Crippen LogP contribution is 2.36. The van der Waals surface area contributed by atoms with Gasteiger partial charge in [0.2, 0.25) is 0 Å². The second-order valence-corrected chi connectivity index (χ2v) is 10.3. The summed E-state index contributed by atoms with van der Waals surface area (Å²) >= 11 is 0. The molecule has 0 aliphatic carbocycles. The summed E-state index contributed by atoms with van der Waals surface area (Å²) in [7, 11) is 3.53. The molecular weight excluding hydrogens is 478 g/mol. The fourth-order valence-electron chi connectivity index (χ4n) is 5.69. The van der Waals surface area contributed by atoms with Crippen molar-refractivity contribution in [2.45, 2.75) is 31.8 Å². The molecule has 2 aromatic carbocycles. The van der Waals surface area contributed by atoms with Gasteiger partial charge < -0.3 is 9.84 Å². The molecule has 0 spiro atoms. The Labute approximate surface area is 220 Å². The van der Waals surface area contributed by atoms with Crippen LogP contribution in [-0.4, -0.2) is 60.0 Å². The van der Waals surface area contributed by atoms with Crippen molar-refractivity contribution in [3.63, 3.8) is 0 Å². The van der Waals surface area contributed by atoms with Gasteiger partial charge in [0.05, 0.1) is 24.2 Å². The highest BCUT2D eigenvalue weighted by molar-refractivity contribution is 5.90. The zero-order valence-corrected chi connectivity index (χ0v) is 21.5. The van der Waals surface area contributed by atoms with Crippen LogP contribution in [-0.2, 0) is 26.6 Å². The Kier molecular flexibility index (Phi) is 5.40. The summed E-state index contributed by atoms with van der Waals surface area (Å²) in [6.45, 7) is 3.86. The van der Waals surface area contributed by atoms with Crippen LogP contribution in [0.5, 0.6) is 11.5 Å². The SMILES string of the molecule is COc1cc(-c2ccc(-c3ccc(C4CN(Cc5cc6n(n5)CCC6)C4)nn3)c(O)c2)cc2cn(C)nc12. The minimum atomic E-state index is 0.164. The van der Waals surface area contributed by atoms with Crippen LogP contribution in [0.4, 0.5) is 0 Å². The molecule has 1 fully saturated rings. The van der Waals surface area contributed by atoms with Gasteiger partial charge in [-0.1, -0.05) is 6.07 Å². The van der Waals surface area contributed by atoms with Gasteiger partial charge in [0, 0.05) is 62.0 Å². The van der Waals surface area contributed by atoms with Crippen LogP contribution < -0.4 is 4.74 Å². The topological polar surface area (TPSA) is 94.1 Å². The van der Waals surface area contributed by atoms with E-state index in [0.29, 0.717) is 22.9 Å². The summed E-state index contributed by atoms with van der Waals surface area (Å²) < 4.78 is 9.47. The Morgan fingerprint density at radius 3 is 2.66 bits per heavy atom. The fourth-order valence-corrected chi connectivity index (χ4v) is 5.69. The molecule has 0 saturated carbocycles. The third-order valence-corrected chi connectivity index (χ3v) is 7.68. The molecule has 192 valence electrons. The van der Waals surface area contributed by atoms with Gasteiger partial charge in [-0.15, -0.1) is 0 Å². The zero-order chi connectivity index (χ0) is 25.8. The molecular formula is C29H29N7O2. The minimum absolute atomic E-state index is 0.164. The number of aromatic nitrogens is 6. The Morgan fingerprint density at radius 2 is 1.89 bits per heavy atom. The van der Waals surface area contributed by atoms with Gasteiger partial charge in [-0.25, -0.2) is 0 Å². The minimum Gasteiger partial charge on any atom is -0.507 e. The second-order valence-electron chi connectivity index (χ2n) is 10.3. The number of ether oxygens (including phenoxy) is 1. The number of aryl methyl sites for hydroxylation is 3. The lowest BCUT2D eigenvalue weighted by Crippen LogP contribution is -2.44. The first-order valence-electron chi connectivity index (χ1n) is 13.0. The molecule has 0 amide bonds. The molecule has 0 unspecified atom stereocenters. The largest absolute Gasteiger partial charge is 0.507 e. The van der Waals surface area contributed by atoms with E-state index in [1.165, 1.54) is 12.1 Å². The van der Waals surface area contributed by atoms with Crippen molar-refractivity contribution in [2.75, 3.05) is 20.2 Å². The van der Waals surface area contributed by atoms with E-state index in [4.69, 9.17) is 9.84 Å². The molecule has 5 aromatic rings. The van der Waals surface area contributed by atoms with Crippen LogP contribution >= 0.6 is 0 Å².